The molecule has 0 saturated carbocycles. The smallest absolute Gasteiger partial charge is 0.305 e. The molecular formula is C11H10BrN3O3. The van der Waals surface area contributed by atoms with E-state index in [9.17, 15) is 9.59 Å². The monoisotopic (exact) mass is 311 g/mol. The molecule has 0 radical (unpaired) electrons. The molecule has 1 unspecified atom stereocenters. The van der Waals surface area contributed by atoms with Gasteiger partial charge in [0.1, 0.15) is 6.07 Å². The molecule has 6 nitrogen and oxygen atoms in total. The van der Waals surface area contributed by atoms with Crippen LogP contribution in [0.1, 0.15) is 12.0 Å². The van der Waals surface area contributed by atoms with Gasteiger partial charge in [-0.3, -0.25) is 9.59 Å². The van der Waals surface area contributed by atoms with E-state index in [0.717, 1.165) is 0 Å². The third-order valence-corrected chi connectivity index (χ3v) is 2.58. The molecule has 0 aromatic heterocycles. The van der Waals surface area contributed by atoms with E-state index >= 15 is 0 Å². The maximum Gasteiger partial charge on any atom is 0.305 e. The Kier molecular flexibility index (Phi) is 4.83. The van der Waals surface area contributed by atoms with Crippen LogP contribution in [0, 0.1) is 11.3 Å². The van der Waals surface area contributed by atoms with E-state index < -0.39 is 24.3 Å². The number of rotatable bonds is 4. The summed E-state index contributed by atoms with van der Waals surface area (Å²) in [4.78, 5) is 22.0. The van der Waals surface area contributed by atoms with Crippen molar-refractivity contribution in [3.8, 4) is 6.07 Å². The van der Waals surface area contributed by atoms with Crippen LogP contribution in [0.15, 0.2) is 22.7 Å². The molecule has 0 heterocycles. The van der Waals surface area contributed by atoms with E-state index in [1.165, 1.54) is 6.07 Å². The topological polar surface area (TPSA) is 116 Å². The highest BCUT2D eigenvalue weighted by Gasteiger charge is 2.18. The van der Waals surface area contributed by atoms with Gasteiger partial charge in [-0.05, 0) is 18.2 Å². The molecule has 0 saturated heterocycles. The van der Waals surface area contributed by atoms with Gasteiger partial charge < -0.3 is 16.2 Å². The van der Waals surface area contributed by atoms with Crippen molar-refractivity contribution in [2.45, 2.75) is 12.5 Å². The second-order valence-corrected chi connectivity index (χ2v) is 4.41. The number of hydrogen-bond acceptors (Lipinski definition) is 4. The van der Waals surface area contributed by atoms with Crippen LogP contribution in [0.4, 0.5) is 5.69 Å². The van der Waals surface area contributed by atoms with Gasteiger partial charge in [-0.1, -0.05) is 15.9 Å². The summed E-state index contributed by atoms with van der Waals surface area (Å²) >= 11 is 3.20. The molecule has 1 amide bonds. The second-order valence-electron chi connectivity index (χ2n) is 3.50. The highest BCUT2D eigenvalue weighted by Crippen LogP contribution is 2.20. The molecule has 7 heteroatoms. The molecule has 18 heavy (non-hydrogen) atoms. The predicted molar refractivity (Wildman–Crippen MR) is 67.7 cm³/mol. The first-order valence-corrected chi connectivity index (χ1v) is 5.71. The number of anilines is 1. The van der Waals surface area contributed by atoms with Crippen LogP contribution in [-0.2, 0) is 9.59 Å². The Morgan fingerprint density at radius 3 is 2.78 bits per heavy atom. The molecule has 1 atom stereocenters. The minimum Gasteiger partial charge on any atom is -0.481 e. The summed E-state index contributed by atoms with van der Waals surface area (Å²) < 4.78 is 0.701. The molecule has 0 bridgehead atoms. The fourth-order valence-electron chi connectivity index (χ4n) is 1.22. The van der Waals surface area contributed by atoms with Gasteiger partial charge in [0.25, 0.3) is 0 Å². The summed E-state index contributed by atoms with van der Waals surface area (Å²) in [6.45, 7) is 0. The van der Waals surface area contributed by atoms with Crippen LogP contribution in [-0.4, -0.2) is 23.0 Å². The number of carboxylic acid groups (broad SMARTS) is 1. The molecule has 0 fully saturated rings. The zero-order chi connectivity index (χ0) is 13.7. The quantitative estimate of drug-likeness (QED) is 0.768. The van der Waals surface area contributed by atoms with Gasteiger partial charge in [0.15, 0.2) is 0 Å². The fourth-order valence-corrected chi connectivity index (χ4v) is 1.59. The summed E-state index contributed by atoms with van der Waals surface area (Å²) in [5.74, 6) is -1.80. The van der Waals surface area contributed by atoms with Gasteiger partial charge in [-0.25, -0.2) is 0 Å². The number of benzene rings is 1. The lowest BCUT2D eigenvalue weighted by molar-refractivity contribution is -0.138. The Balaban J connectivity index is 2.82. The van der Waals surface area contributed by atoms with E-state index in [-0.39, 0.29) is 5.56 Å². The Morgan fingerprint density at radius 2 is 2.22 bits per heavy atom. The van der Waals surface area contributed by atoms with E-state index in [2.05, 4.69) is 21.2 Å². The van der Waals surface area contributed by atoms with Crippen LogP contribution in [0.5, 0.6) is 0 Å². The van der Waals surface area contributed by atoms with Gasteiger partial charge in [0.2, 0.25) is 5.91 Å². The van der Waals surface area contributed by atoms with Gasteiger partial charge in [-0.2, -0.15) is 5.26 Å². The van der Waals surface area contributed by atoms with Gasteiger partial charge >= 0.3 is 5.97 Å². The van der Waals surface area contributed by atoms with E-state index in [1.807, 2.05) is 6.07 Å². The summed E-state index contributed by atoms with van der Waals surface area (Å²) in [7, 11) is 0. The first-order chi connectivity index (χ1) is 8.43. The van der Waals surface area contributed by atoms with Crippen molar-refractivity contribution in [3.63, 3.8) is 0 Å². The molecule has 94 valence electrons. The minimum atomic E-state index is -1.16. The van der Waals surface area contributed by atoms with Crippen molar-refractivity contribution in [1.82, 2.24) is 0 Å². The summed E-state index contributed by atoms with van der Waals surface area (Å²) in [5, 5.41) is 19.8. The van der Waals surface area contributed by atoms with Crippen molar-refractivity contribution in [3.05, 3.63) is 28.2 Å². The SMILES string of the molecule is N#Cc1cc(Br)ccc1NC(=O)C(N)CC(=O)O. The normalized spacial score (nSPS) is 11.4. The Morgan fingerprint density at radius 1 is 1.56 bits per heavy atom. The average molecular weight is 312 g/mol. The largest absolute Gasteiger partial charge is 0.481 e. The number of nitrogens with two attached hydrogens (primary N) is 1. The number of nitrogens with one attached hydrogen (secondary N) is 1. The van der Waals surface area contributed by atoms with Crippen molar-refractivity contribution < 1.29 is 14.7 Å². The van der Waals surface area contributed by atoms with Crippen molar-refractivity contribution in [2.24, 2.45) is 5.73 Å². The molecule has 1 rings (SSSR count). The number of hydrogen-bond donors (Lipinski definition) is 3. The Hall–Kier alpha value is -1.91. The first kappa shape index (κ1) is 14.2. The number of carbonyl (C=O) groups is 2. The van der Waals surface area contributed by atoms with Crippen molar-refractivity contribution >= 4 is 33.5 Å². The summed E-state index contributed by atoms with van der Waals surface area (Å²) in [5.41, 5.74) is 5.96. The summed E-state index contributed by atoms with van der Waals surface area (Å²) in [6, 6.07) is 5.49. The Bertz CT molecular complexity index is 525. The van der Waals surface area contributed by atoms with Crippen LogP contribution in [0.2, 0.25) is 0 Å². The number of aliphatic carboxylic acids is 1. The average Bonchev–Trinajstić information content (AvgIpc) is 2.30. The zero-order valence-electron chi connectivity index (χ0n) is 9.18. The van der Waals surface area contributed by atoms with Crippen molar-refractivity contribution in [2.75, 3.05) is 5.32 Å². The Labute approximate surface area is 112 Å². The number of nitrogens with zero attached hydrogens (tertiary/aromatic N) is 1. The first-order valence-electron chi connectivity index (χ1n) is 4.92. The van der Waals surface area contributed by atoms with Crippen LogP contribution < -0.4 is 11.1 Å². The maximum absolute atomic E-state index is 11.6. The highest BCUT2D eigenvalue weighted by molar-refractivity contribution is 9.10. The van der Waals surface area contributed by atoms with Gasteiger partial charge in [0.05, 0.1) is 23.7 Å². The summed E-state index contributed by atoms with van der Waals surface area (Å²) in [6.07, 6.45) is -0.468. The molecule has 1 aromatic carbocycles. The number of carboxylic acids is 1. The number of carbonyl (C=O) groups excluding carboxylic acids is 1. The lowest BCUT2D eigenvalue weighted by atomic mass is 10.1. The lowest BCUT2D eigenvalue weighted by Gasteiger charge is -2.11. The molecule has 0 aliphatic heterocycles. The minimum absolute atomic E-state index is 0.264. The van der Waals surface area contributed by atoms with E-state index in [4.69, 9.17) is 16.1 Å². The van der Waals surface area contributed by atoms with Gasteiger partial charge in [0, 0.05) is 4.47 Å². The van der Waals surface area contributed by atoms with Crippen molar-refractivity contribution in [1.29, 1.82) is 5.26 Å². The fraction of sp³-hybridized carbons (Fsp3) is 0.182. The number of amides is 1. The lowest BCUT2D eigenvalue weighted by Crippen LogP contribution is -2.37. The molecular weight excluding hydrogens is 302 g/mol. The zero-order valence-corrected chi connectivity index (χ0v) is 10.8. The third kappa shape index (κ3) is 3.84. The molecule has 4 N–H and O–H groups in total. The number of nitriles is 1. The standard InChI is InChI=1S/C11H10BrN3O3/c12-7-1-2-9(6(3-7)5-13)15-11(18)8(14)4-10(16)17/h1-3,8H,4,14H2,(H,15,18)(H,16,17). The maximum atomic E-state index is 11.6. The van der Waals surface area contributed by atoms with E-state index in [0.29, 0.717) is 10.2 Å². The molecule has 0 aliphatic rings. The molecule has 0 spiro atoms. The molecule has 0 aliphatic carbocycles. The highest BCUT2D eigenvalue weighted by atomic mass is 79.9. The third-order valence-electron chi connectivity index (χ3n) is 2.09. The number of halogens is 1. The van der Waals surface area contributed by atoms with E-state index in [1.54, 1.807) is 12.1 Å². The predicted octanol–water partition coefficient (Wildman–Crippen LogP) is 1.06. The van der Waals surface area contributed by atoms with Crippen LogP contribution in [0.3, 0.4) is 0 Å². The van der Waals surface area contributed by atoms with Crippen LogP contribution >= 0.6 is 15.9 Å². The second kappa shape index (κ2) is 6.14. The molecule has 1 aromatic rings. The van der Waals surface area contributed by atoms with Crippen LogP contribution in [0.25, 0.3) is 0 Å². The van der Waals surface area contributed by atoms with Gasteiger partial charge in [-0.15, -0.1) is 0 Å².